The van der Waals surface area contributed by atoms with Gasteiger partial charge in [-0.15, -0.1) is 11.3 Å². The van der Waals surface area contributed by atoms with Crippen molar-refractivity contribution in [3.8, 4) is 6.07 Å². The molecule has 0 saturated heterocycles. The van der Waals surface area contributed by atoms with Crippen LogP contribution in [0.25, 0.3) is 22.7 Å². The lowest BCUT2D eigenvalue weighted by Crippen LogP contribution is -2.17. The molecule has 3 aromatic rings. The summed E-state index contributed by atoms with van der Waals surface area (Å²) in [5.74, 6) is -0.744. The summed E-state index contributed by atoms with van der Waals surface area (Å²) in [5, 5.41) is 21.7. The van der Waals surface area contributed by atoms with Crippen LogP contribution in [0.1, 0.15) is 17.6 Å². The van der Waals surface area contributed by atoms with Gasteiger partial charge >= 0.3 is 5.97 Å². The van der Waals surface area contributed by atoms with E-state index in [9.17, 15) is 15.2 Å². The third kappa shape index (κ3) is 3.82. The average Bonchev–Trinajstić information content (AvgIpc) is 3.29. The summed E-state index contributed by atoms with van der Waals surface area (Å²) >= 11 is 1.49. The van der Waals surface area contributed by atoms with Crippen LogP contribution >= 0.6 is 11.3 Å². The number of benzene rings is 1. The van der Waals surface area contributed by atoms with Gasteiger partial charge < -0.3 is 14.8 Å². The molecule has 0 amide bonds. The highest BCUT2D eigenvalue weighted by Crippen LogP contribution is 2.21. The number of hydrogen-bond acceptors (Lipinski definition) is 6. The van der Waals surface area contributed by atoms with Crippen molar-refractivity contribution in [3.63, 3.8) is 0 Å². The summed E-state index contributed by atoms with van der Waals surface area (Å²) in [4.78, 5) is 20.1. The zero-order valence-electron chi connectivity index (χ0n) is 13.8. The Balaban J connectivity index is 1.78. The molecule has 0 aliphatic rings. The van der Waals surface area contributed by atoms with E-state index in [1.807, 2.05) is 41.8 Å². The lowest BCUT2D eigenvalue weighted by Gasteiger charge is -2.12. The number of imidazole rings is 1. The number of carbonyl (C=O) groups is 1. The maximum atomic E-state index is 11.9. The molecule has 2 N–H and O–H groups in total. The predicted octanol–water partition coefficient (Wildman–Crippen LogP) is 4.06. The largest absolute Gasteiger partial charge is 0.507 e. The van der Waals surface area contributed by atoms with Crippen molar-refractivity contribution < 1.29 is 14.6 Å². The van der Waals surface area contributed by atoms with E-state index in [4.69, 9.17) is 4.74 Å². The van der Waals surface area contributed by atoms with Crippen LogP contribution in [0.2, 0.25) is 0 Å². The van der Waals surface area contributed by atoms with Crippen molar-refractivity contribution in [2.45, 2.75) is 13.0 Å². The second-order valence-electron chi connectivity index (χ2n) is 5.40. The number of nitrogens with one attached hydrogen (secondary N) is 1. The summed E-state index contributed by atoms with van der Waals surface area (Å²) in [7, 11) is 0. The molecule has 0 unspecified atom stereocenters. The number of ether oxygens (including phenoxy) is 1. The lowest BCUT2D eigenvalue weighted by atomic mass is 10.2. The molecule has 0 saturated carbocycles. The smallest absolute Gasteiger partial charge is 0.331 e. The Labute approximate surface area is 153 Å². The second-order valence-corrected chi connectivity index (χ2v) is 6.38. The number of aromatic nitrogens is 2. The standard InChI is InChI=1S/C19H15N3O3S/c1-12(25-17(23)9-8-13-5-4-10-26-13)18(24)14(11-20)19-21-15-6-2-3-7-16(15)22-19/h2-10,12,24H,1H3,(H,21,22)/b9-8+,18-14-/t12-/m1/s1. The maximum Gasteiger partial charge on any atom is 0.331 e. The zero-order chi connectivity index (χ0) is 18.5. The number of H-pyrrole nitrogens is 1. The first kappa shape index (κ1) is 17.5. The van der Waals surface area contributed by atoms with Gasteiger partial charge in [-0.3, -0.25) is 0 Å². The predicted molar refractivity (Wildman–Crippen MR) is 100 cm³/mol. The topological polar surface area (TPSA) is 99.0 Å². The Hall–Kier alpha value is -3.37. The maximum absolute atomic E-state index is 11.9. The van der Waals surface area contributed by atoms with Crippen LogP contribution < -0.4 is 0 Å². The van der Waals surface area contributed by atoms with Crippen molar-refractivity contribution in [2.75, 3.05) is 0 Å². The molecule has 1 aromatic carbocycles. The molecule has 26 heavy (non-hydrogen) atoms. The van der Waals surface area contributed by atoms with Crippen LogP contribution in [-0.4, -0.2) is 27.1 Å². The number of nitrogens with zero attached hydrogens (tertiary/aromatic N) is 2. The highest BCUT2D eigenvalue weighted by molar-refractivity contribution is 7.10. The van der Waals surface area contributed by atoms with Gasteiger partial charge in [0.1, 0.15) is 11.6 Å². The number of hydrogen-bond donors (Lipinski definition) is 2. The molecule has 0 spiro atoms. The molecular weight excluding hydrogens is 350 g/mol. The van der Waals surface area contributed by atoms with Gasteiger partial charge in [0, 0.05) is 11.0 Å². The Bertz CT molecular complexity index is 993. The number of nitriles is 1. The van der Waals surface area contributed by atoms with Crippen molar-refractivity contribution in [1.29, 1.82) is 5.26 Å². The normalized spacial score (nSPS) is 13.4. The first-order valence-electron chi connectivity index (χ1n) is 7.79. The van der Waals surface area contributed by atoms with E-state index in [1.165, 1.54) is 24.3 Å². The number of rotatable bonds is 5. The van der Waals surface area contributed by atoms with Crippen molar-refractivity contribution >= 4 is 40.0 Å². The van der Waals surface area contributed by atoms with Crippen LogP contribution in [0.5, 0.6) is 0 Å². The molecule has 6 nitrogen and oxygen atoms in total. The highest BCUT2D eigenvalue weighted by Gasteiger charge is 2.20. The lowest BCUT2D eigenvalue weighted by molar-refractivity contribution is -0.141. The van der Waals surface area contributed by atoms with Crippen LogP contribution in [0.4, 0.5) is 0 Å². The van der Waals surface area contributed by atoms with Gasteiger partial charge in [0.25, 0.3) is 0 Å². The molecule has 2 heterocycles. The molecule has 7 heteroatoms. The van der Waals surface area contributed by atoms with Gasteiger partial charge in [0.15, 0.2) is 17.7 Å². The first-order valence-corrected chi connectivity index (χ1v) is 8.67. The molecule has 0 aliphatic heterocycles. The van der Waals surface area contributed by atoms with Gasteiger partial charge in [-0.25, -0.2) is 9.78 Å². The fourth-order valence-electron chi connectivity index (χ4n) is 2.31. The number of para-hydroxylation sites is 2. The van der Waals surface area contributed by atoms with Crippen molar-refractivity contribution in [3.05, 3.63) is 64.3 Å². The third-order valence-corrected chi connectivity index (χ3v) is 4.44. The molecular formula is C19H15N3O3S. The molecule has 0 aliphatic carbocycles. The Morgan fingerprint density at radius 1 is 1.38 bits per heavy atom. The fourth-order valence-corrected chi connectivity index (χ4v) is 2.93. The van der Waals surface area contributed by atoms with E-state index in [2.05, 4.69) is 9.97 Å². The summed E-state index contributed by atoms with van der Waals surface area (Å²) in [6.45, 7) is 1.49. The molecule has 0 radical (unpaired) electrons. The number of aliphatic hydroxyl groups is 1. The van der Waals surface area contributed by atoms with Crippen LogP contribution in [-0.2, 0) is 9.53 Å². The minimum Gasteiger partial charge on any atom is -0.507 e. The highest BCUT2D eigenvalue weighted by atomic mass is 32.1. The minimum atomic E-state index is -0.988. The summed E-state index contributed by atoms with van der Waals surface area (Å²) in [5.41, 5.74) is 1.35. The van der Waals surface area contributed by atoms with E-state index in [-0.39, 0.29) is 17.2 Å². The summed E-state index contributed by atoms with van der Waals surface area (Å²) in [6, 6.07) is 12.9. The molecule has 3 rings (SSSR count). The second kappa shape index (κ2) is 7.68. The molecule has 0 bridgehead atoms. The van der Waals surface area contributed by atoms with E-state index >= 15 is 0 Å². The number of thiophene rings is 1. The number of fused-ring (bicyclic) bond motifs is 1. The van der Waals surface area contributed by atoms with Crippen LogP contribution in [0.3, 0.4) is 0 Å². The van der Waals surface area contributed by atoms with Crippen molar-refractivity contribution in [1.82, 2.24) is 9.97 Å². The quantitative estimate of drug-likeness (QED) is 0.307. The first-order chi connectivity index (χ1) is 12.6. The third-order valence-electron chi connectivity index (χ3n) is 3.60. The summed E-state index contributed by atoms with van der Waals surface area (Å²) < 4.78 is 5.17. The number of aromatic amines is 1. The van der Waals surface area contributed by atoms with Crippen molar-refractivity contribution in [2.24, 2.45) is 0 Å². The Kier molecular flexibility index (Phi) is 5.15. The molecule has 0 fully saturated rings. The number of carbonyl (C=O) groups excluding carboxylic acids is 1. The molecule has 2 aromatic heterocycles. The van der Waals surface area contributed by atoms with E-state index < -0.39 is 12.1 Å². The number of esters is 1. The van der Waals surface area contributed by atoms with E-state index in [1.54, 1.807) is 12.1 Å². The number of allylic oxidation sites excluding steroid dienone is 1. The zero-order valence-corrected chi connectivity index (χ0v) is 14.7. The average molecular weight is 365 g/mol. The molecule has 130 valence electrons. The summed E-state index contributed by atoms with van der Waals surface area (Å²) in [6.07, 6.45) is 1.92. The van der Waals surface area contributed by atoms with Crippen LogP contribution in [0, 0.1) is 11.3 Å². The van der Waals surface area contributed by atoms with Gasteiger partial charge in [0.2, 0.25) is 0 Å². The molecule has 1 atom stereocenters. The SMILES string of the molecule is C[C@@H](OC(=O)/C=C/c1cccs1)/C(O)=C(\C#N)c1nc2ccccc2[nH]1. The van der Waals surface area contributed by atoms with Gasteiger partial charge in [-0.05, 0) is 36.6 Å². The van der Waals surface area contributed by atoms with Gasteiger partial charge in [0.05, 0.1) is 11.0 Å². The van der Waals surface area contributed by atoms with Gasteiger partial charge in [-0.2, -0.15) is 5.26 Å². The van der Waals surface area contributed by atoms with E-state index in [0.717, 1.165) is 10.4 Å². The minimum absolute atomic E-state index is 0.0660. The van der Waals surface area contributed by atoms with Crippen LogP contribution in [0.15, 0.2) is 53.6 Å². The number of aliphatic hydroxyl groups excluding tert-OH is 1. The monoisotopic (exact) mass is 365 g/mol. The van der Waals surface area contributed by atoms with Gasteiger partial charge in [-0.1, -0.05) is 18.2 Å². The van der Waals surface area contributed by atoms with E-state index in [0.29, 0.717) is 5.52 Å². The Morgan fingerprint density at radius 2 is 2.19 bits per heavy atom. The Morgan fingerprint density at radius 3 is 2.88 bits per heavy atom. The fraction of sp³-hybridized carbons (Fsp3) is 0.105.